The number of hydrogen-bond acceptors (Lipinski definition) is 5. The van der Waals surface area contributed by atoms with Crippen LogP contribution in [0.4, 0.5) is 10.5 Å². The zero-order valence-corrected chi connectivity index (χ0v) is 14.3. The first kappa shape index (κ1) is 18.2. The molecule has 25 heavy (non-hydrogen) atoms. The summed E-state index contributed by atoms with van der Waals surface area (Å²) in [6, 6.07) is 12.8. The molecule has 0 spiro atoms. The van der Waals surface area contributed by atoms with Crippen molar-refractivity contribution < 1.29 is 23.7 Å². The molecule has 0 aliphatic carbocycles. The maximum absolute atomic E-state index is 11.7. The van der Waals surface area contributed by atoms with Gasteiger partial charge in [-0.1, -0.05) is 30.9 Å². The van der Waals surface area contributed by atoms with Crippen molar-refractivity contribution in [2.45, 2.75) is 6.61 Å². The Hall–Kier alpha value is -3.15. The molecule has 2 aromatic carbocycles. The van der Waals surface area contributed by atoms with Gasteiger partial charge in [0.15, 0.2) is 0 Å². The van der Waals surface area contributed by atoms with Gasteiger partial charge < -0.3 is 18.9 Å². The van der Waals surface area contributed by atoms with Gasteiger partial charge in [0.1, 0.15) is 30.5 Å². The number of rotatable bonds is 8. The number of methoxy groups -OCH3 is 2. The van der Waals surface area contributed by atoms with E-state index in [4.69, 9.17) is 18.9 Å². The van der Waals surface area contributed by atoms with Crippen molar-refractivity contribution in [2.75, 3.05) is 26.1 Å². The van der Waals surface area contributed by atoms with Crippen LogP contribution in [0.2, 0.25) is 0 Å². The highest BCUT2D eigenvalue weighted by Crippen LogP contribution is 2.34. The topological polar surface area (TPSA) is 66.0 Å². The Labute approximate surface area is 147 Å². The Morgan fingerprint density at radius 3 is 2.32 bits per heavy atom. The molecule has 0 heterocycles. The van der Waals surface area contributed by atoms with Crippen LogP contribution in [-0.2, 0) is 11.3 Å². The van der Waals surface area contributed by atoms with Gasteiger partial charge in [0.2, 0.25) is 0 Å². The molecule has 2 aromatic rings. The Balaban J connectivity index is 2.18. The van der Waals surface area contributed by atoms with Crippen molar-refractivity contribution in [1.29, 1.82) is 0 Å². The van der Waals surface area contributed by atoms with Crippen LogP contribution in [0.3, 0.4) is 0 Å². The highest BCUT2D eigenvalue weighted by molar-refractivity contribution is 5.85. The van der Waals surface area contributed by atoms with Crippen LogP contribution in [0.5, 0.6) is 17.2 Å². The van der Waals surface area contributed by atoms with Crippen LogP contribution in [0.1, 0.15) is 5.56 Å². The van der Waals surface area contributed by atoms with Crippen LogP contribution in [0.25, 0.3) is 0 Å². The minimum atomic E-state index is -0.586. The first-order chi connectivity index (χ1) is 12.2. The third-order valence-electron chi connectivity index (χ3n) is 3.31. The summed E-state index contributed by atoms with van der Waals surface area (Å²) in [5.74, 6) is 1.81. The lowest BCUT2D eigenvalue weighted by Crippen LogP contribution is -2.14. The number of hydrogen-bond donors (Lipinski definition) is 1. The number of amides is 1. The van der Waals surface area contributed by atoms with Crippen molar-refractivity contribution in [3.8, 4) is 17.2 Å². The predicted molar refractivity (Wildman–Crippen MR) is 95.5 cm³/mol. The van der Waals surface area contributed by atoms with Crippen molar-refractivity contribution in [1.82, 2.24) is 0 Å². The van der Waals surface area contributed by atoms with Gasteiger partial charge in [0.25, 0.3) is 0 Å². The van der Waals surface area contributed by atoms with Crippen molar-refractivity contribution in [3.05, 3.63) is 60.7 Å². The van der Waals surface area contributed by atoms with E-state index in [2.05, 4.69) is 11.9 Å². The number of para-hydroxylation sites is 1. The van der Waals surface area contributed by atoms with Crippen molar-refractivity contribution >= 4 is 11.8 Å². The van der Waals surface area contributed by atoms with E-state index < -0.39 is 6.09 Å². The number of benzene rings is 2. The highest BCUT2D eigenvalue weighted by atomic mass is 16.5. The minimum absolute atomic E-state index is 0.128. The Morgan fingerprint density at radius 1 is 1.12 bits per heavy atom. The molecule has 1 amide bonds. The molecule has 1 N–H and O–H groups in total. The average molecular weight is 343 g/mol. The van der Waals surface area contributed by atoms with Crippen LogP contribution in [0, 0.1) is 0 Å². The molecular weight excluding hydrogens is 322 g/mol. The smallest absolute Gasteiger partial charge is 0.411 e. The van der Waals surface area contributed by atoms with Gasteiger partial charge in [-0.3, -0.25) is 5.32 Å². The van der Waals surface area contributed by atoms with Gasteiger partial charge in [-0.2, -0.15) is 0 Å². The Kier molecular flexibility index (Phi) is 6.71. The van der Waals surface area contributed by atoms with E-state index >= 15 is 0 Å². The fourth-order valence-electron chi connectivity index (χ4n) is 2.16. The van der Waals surface area contributed by atoms with Crippen LogP contribution < -0.4 is 19.5 Å². The summed E-state index contributed by atoms with van der Waals surface area (Å²) in [4.78, 5) is 11.7. The molecule has 0 saturated heterocycles. The standard InChI is InChI=1S/C19H21NO5/c1-4-10-24-19(21)20-14-11-17(22-2)16(18(12-14)23-3)13-25-15-8-6-5-7-9-15/h4-9,11-12H,1,10,13H2,2-3H3,(H,20,21). The van der Waals surface area contributed by atoms with Crippen LogP contribution >= 0.6 is 0 Å². The van der Waals surface area contributed by atoms with Crippen LogP contribution in [-0.4, -0.2) is 26.9 Å². The molecule has 0 aliphatic rings. The quantitative estimate of drug-likeness (QED) is 0.734. The van der Waals surface area contributed by atoms with Gasteiger partial charge in [-0.15, -0.1) is 0 Å². The van der Waals surface area contributed by atoms with Gasteiger partial charge in [-0.25, -0.2) is 4.79 Å². The molecule has 0 fully saturated rings. The molecule has 0 aliphatic heterocycles. The number of carbonyl (C=O) groups excluding carboxylic acids is 1. The largest absolute Gasteiger partial charge is 0.496 e. The third kappa shape index (κ3) is 5.17. The number of ether oxygens (including phenoxy) is 4. The molecule has 2 rings (SSSR count). The second kappa shape index (κ2) is 9.22. The molecule has 0 atom stereocenters. The Morgan fingerprint density at radius 2 is 1.76 bits per heavy atom. The lowest BCUT2D eigenvalue weighted by molar-refractivity contribution is 0.174. The summed E-state index contributed by atoms with van der Waals surface area (Å²) >= 11 is 0. The normalized spacial score (nSPS) is 9.84. The first-order valence-electron chi connectivity index (χ1n) is 7.65. The molecule has 0 radical (unpaired) electrons. The zero-order chi connectivity index (χ0) is 18.1. The summed E-state index contributed by atoms with van der Waals surface area (Å²) in [7, 11) is 3.08. The van der Waals surface area contributed by atoms with E-state index in [-0.39, 0.29) is 13.2 Å². The zero-order valence-electron chi connectivity index (χ0n) is 14.3. The highest BCUT2D eigenvalue weighted by Gasteiger charge is 2.15. The third-order valence-corrected chi connectivity index (χ3v) is 3.31. The van der Waals surface area contributed by atoms with E-state index in [1.807, 2.05) is 30.3 Å². The maximum Gasteiger partial charge on any atom is 0.411 e. The average Bonchev–Trinajstić information content (AvgIpc) is 2.65. The summed E-state index contributed by atoms with van der Waals surface area (Å²) in [6.07, 6.45) is 0.905. The lowest BCUT2D eigenvalue weighted by atomic mass is 10.1. The predicted octanol–water partition coefficient (Wildman–Crippen LogP) is 4.02. The number of anilines is 1. The van der Waals surface area contributed by atoms with E-state index in [1.165, 1.54) is 6.08 Å². The number of nitrogens with one attached hydrogen (secondary N) is 1. The molecule has 0 aromatic heterocycles. The molecule has 6 heteroatoms. The van der Waals surface area contributed by atoms with Crippen molar-refractivity contribution in [2.24, 2.45) is 0 Å². The fraction of sp³-hybridized carbons (Fsp3) is 0.211. The van der Waals surface area contributed by atoms with E-state index in [0.717, 1.165) is 11.3 Å². The van der Waals surface area contributed by atoms with E-state index in [9.17, 15) is 4.79 Å². The summed E-state index contributed by atoms with van der Waals surface area (Å²) < 4.78 is 21.5. The maximum atomic E-state index is 11.7. The van der Waals surface area contributed by atoms with E-state index in [1.54, 1.807) is 26.4 Å². The molecule has 0 unspecified atom stereocenters. The fourth-order valence-corrected chi connectivity index (χ4v) is 2.16. The van der Waals surface area contributed by atoms with Gasteiger partial charge in [-0.05, 0) is 12.1 Å². The Bertz CT molecular complexity index is 690. The second-order valence-corrected chi connectivity index (χ2v) is 4.97. The molecule has 0 bridgehead atoms. The molecule has 6 nitrogen and oxygen atoms in total. The minimum Gasteiger partial charge on any atom is -0.496 e. The van der Waals surface area contributed by atoms with Crippen molar-refractivity contribution in [3.63, 3.8) is 0 Å². The number of carbonyl (C=O) groups is 1. The molecular formula is C19H21NO5. The van der Waals surface area contributed by atoms with Gasteiger partial charge in [0.05, 0.1) is 25.5 Å². The van der Waals surface area contributed by atoms with Gasteiger partial charge >= 0.3 is 6.09 Å². The molecule has 132 valence electrons. The summed E-state index contributed by atoms with van der Waals surface area (Å²) in [5.41, 5.74) is 1.23. The lowest BCUT2D eigenvalue weighted by Gasteiger charge is -2.16. The molecule has 0 saturated carbocycles. The monoisotopic (exact) mass is 343 g/mol. The van der Waals surface area contributed by atoms with E-state index in [0.29, 0.717) is 17.2 Å². The first-order valence-corrected chi connectivity index (χ1v) is 7.65. The SMILES string of the molecule is C=CCOC(=O)Nc1cc(OC)c(COc2ccccc2)c(OC)c1. The second-order valence-electron chi connectivity index (χ2n) is 4.97. The van der Waals surface area contributed by atoms with Gasteiger partial charge in [0, 0.05) is 12.1 Å². The summed E-state index contributed by atoms with van der Waals surface area (Å²) in [6.45, 7) is 3.88. The summed E-state index contributed by atoms with van der Waals surface area (Å²) in [5, 5.41) is 2.62. The van der Waals surface area contributed by atoms with Crippen LogP contribution in [0.15, 0.2) is 55.1 Å².